The SMILES string of the molecule is CC(=O)c1c(C(=S)Nc2ccccc2)cnn1-c1ccc(Br)cc1. The van der Waals surface area contributed by atoms with E-state index in [1.165, 1.54) is 6.92 Å². The molecule has 0 aliphatic carbocycles. The maximum absolute atomic E-state index is 12.2. The first-order valence-corrected chi connectivity index (χ1v) is 8.47. The summed E-state index contributed by atoms with van der Waals surface area (Å²) < 4.78 is 2.58. The van der Waals surface area contributed by atoms with Crippen LogP contribution in [0.4, 0.5) is 5.69 Å². The van der Waals surface area contributed by atoms with Crippen molar-refractivity contribution >= 4 is 44.6 Å². The number of ketones is 1. The van der Waals surface area contributed by atoms with Crippen LogP contribution in [0, 0.1) is 0 Å². The van der Waals surface area contributed by atoms with Crippen molar-refractivity contribution in [3.8, 4) is 5.69 Å². The molecule has 0 atom stereocenters. The molecule has 0 spiro atoms. The van der Waals surface area contributed by atoms with Gasteiger partial charge in [-0.1, -0.05) is 46.3 Å². The van der Waals surface area contributed by atoms with E-state index in [4.69, 9.17) is 12.2 Å². The molecule has 2 aromatic carbocycles. The minimum atomic E-state index is -0.0948. The number of halogens is 1. The van der Waals surface area contributed by atoms with Gasteiger partial charge in [0.15, 0.2) is 5.78 Å². The zero-order chi connectivity index (χ0) is 17.1. The number of nitrogens with one attached hydrogen (secondary N) is 1. The summed E-state index contributed by atoms with van der Waals surface area (Å²) in [6.07, 6.45) is 1.62. The van der Waals surface area contributed by atoms with E-state index in [2.05, 4.69) is 26.3 Å². The summed E-state index contributed by atoms with van der Waals surface area (Å²) >= 11 is 8.87. The Balaban J connectivity index is 1.98. The summed E-state index contributed by atoms with van der Waals surface area (Å²) in [6.45, 7) is 1.51. The lowest BCUT2D eigenvalue weighted by Gasteiger charge is -2.10. The maximum Gasteiger partial charge on any atom is 0.178 e. The van der Waals surface area contributed by atoms with Crippen molar-refractivity contribution in [3.63, 3.8) is 0 Å². The summed E-state index contributed by atoms with van der Waals surface area (Å²) in [6, 6.07) is 17.2. The van der Waals surface area contributed by atoms with Gasteiger partial charge < -0.3 is 5.32 Å². The number of rotatable bonds is 4. The molecule has 0 bridgehead atoms. The van der Waals surface area contributed by atoms with E-state index in [-0.39, 0.29) is 5.78 Å². The number of anilines is 1. The molecule has 1 heterocycles. The Labute approximate surface area is 153 Å². The molecule has 0 saturated carbocycles. The third-order valence-corrected chi connectivity index (χ3v) is 4.30. The van der Waals surface area contributed by atoms with Crippen LogP contribution in [0.1, 0.15) is 23.0 Å². The Hall–Kier alpha value is -2.31. The topological polar surface area (TPSA) is 46.9 Å². The zero-order valence-corrected chi connectivity index (χ0v) is 15.3. The molecule has 0 fully saturated rings. The highest BCUT2D eigenvalue weighted by molar-refractivity contribution is 9.10. The van der Waals surface area contributed by atoms with Crippen LogP contribution in [0.25, 0.3) is 5.69 Å². The monoisotopic (exact) mass is 399 g/mol. The largest absolute Gasteiger partial charge is 0.346 e. The molecule has 4 nitrogen and oxygen atoms in total. The van der Waals surface area contributed by atoms with E-state index in [1.54, 1.807) is 10.9 Å². The molecule has 0 unspecified atom stereocenters. The smallest absolute Gasteiger partial charge is 0.178 e. The Morgan fingerprint density at radius 3 is 2.42 bits per heavy atom. The van der Waals surface area contributed by atoms with Crippen molar-refractivity contribution in [1.82, 2.24) is 9.78 Å². The van der Waals surface area contributed by atoms with Crippen molar-refractivity contribution in [2.45, 2.75) is 6.92 Å². The highest BCUT2D eigenvalue weighted by Gasteiger charge is 2.19. The number of hydrogen-bond donors (Lipinski definition) is 1. The average Bonchev–Trinajstić information content (AvgIpc) is 3.02. The molecule has 0 amide bonds. The average molecular weight is 400 g/mol. The van der Waals surface area contributed by atoms with Gasteiger partial charge in [-0.25, -0.2) is 4.68 Å². The Bertz CT molecular complexity index is 888. The van der Waals surface area contributed by atoms with E-state index in [0.29, 0.717) is 16.2 Å². The van der Waals surface area contributed by atoms with E-state index < -0.39 is 0 Å². The summed E-state index contributed by atoms with van der Waals surface area (Å²) in [4.78, 5) is 12.7. The Morgan fingerprint density at radius 1 is 1.12 bits per heavy atom. The molecular formula is C18H14BrN3OS. The van der Waals surface area contributed by atoms with Gasteiger partial charge in [-0.15, -0.1) is 0 Å². The van der Waals surface area contributed by atoms with Crippen molar-refractivity contribution < 1.29 is 4.79 Å². The first-order valence-electron chi connectivity index (χ1n) is 7.27. The second kappa shape index (κ2) is 7.07. The fourth-order valence-corrected chi connectivity index (χ4v) is 2.88. The normalized spacial score (nSPS) is 10.4. The molecule has 120 valence electrons. The number of benzene rings is 2. The first kappa shape index (κ1) is 16.5. The van der Waals surface area contributed by atoms with Gasteiger partial charge in [-0.3, -0.25) is 4.79 Å². The van der Waals surface area contributed by atoms with Crippen LogP contribution < -0.4 is 5.32 Å². The number of hydrogen-bond acceptors (Lipinski definition) is 3. The van der Waals surface area contributed by atoms with Gasteiger partial charge in [-0.2, -0.15) is 5.10 Å². The Morgan fingerprint density at radius 2 is 1.79 bits per heavy atom. The van der Waals surface area contributed by atoms with E-state index in [0.717, 1.165) is 15.8 Å². The predicted molar refractivity (Wildman–Crippen MR) is 103 cm³/mol. The quantitative estimate of drug-likeness (QED) is 0.513. The van der Waals surface area contributed by atoms with Crippen LogP contribution in [-0.2, 0) is 0 Å². The Kier molecular flexibility index (Phi) is 4.87. The molecule has 3 rings (SSSR count). The van der Waals surface area contributed by atoms with Crippen molar-refractivity contribution in [3.05, 3.63) is 76.5 Å². The number of nitrogens with zero attached hydrogens (tertiary/aromatic N) is 2. The van der Waals surface area contributed by atoms with Crippen molar-refractivity contribution in [1.29, 1.82) is 0 Å². The van der Waals surface area contributed by atoms with Crippen molar-refractivity contribution in [2.75, 3.05) is 5.32 Å². The van der Waals surface area contributed by atoms with Crippen LogP contribution in [0.5, 0.6) is 0 Å². The van der Waals surface area contributed by atoms with Gasteiger partial charge in [0.25, 0.3) is 0 Å². The van der Waals surface area contributed by atoms with Crippen LogP contribution in [0.15, 0.2) is 65.3 Å². The predicted octanol–water partition coefficient (Wildman–Crippen LogP) is 4.63. The second-order valence-electron chi connectivity index (χ2n) is 5.17. The molecule has 0 aliphatic rings. The summed E-state index contributed by atoms with van der Waals surface area (Å²) in [5.74, 6) is -0.0948. The number of para-hydroxylation sites is 1. The molecule has 24 heavy (non-hydrogen) atoms. The lowest BCUT2D eigenvalue weighted by Crippen LogP contribution is -2.15. The number of carbonyl (C=O) groups excluding carboxylic acids is 1. The van der Waals surface area contributed by atoms with Crippen LogP contribution in [-0.4, -0.2) is 20.6 Å². The van der Waals surface area contributed by atoms with Gasteiger partial charge in [0.05, 0.1) is 17.4 Å². The maximum atomic E-state index is 12.2. The lowest BCUT2D eigenvalue weighted by molar-refractivity contribution is 0.101. The van der Waals surface area contributed by atoms with E-state index in [9.17, 15) is 4.79 Å². The summed E-state index contributed by atoms with van der Waals surface area (Å²) in [5.41, 5.74) is 2.75. The van der Waals surface area contributed by atoms with E-state index >= 15 is 0 Å². The molecule has 0 aliphatic heterocycles. The van der Waals surface area contributed by atoms with Gasteiger partial charge in [0, 0.05) is 17.1 Å². The highest BCUT2D eigenvalue weighted by Crippen LogP contribution is 2.20. The summed E-state index contributed by atoms with van der Waals surface area (Å²) in [5, 5.41) is 7.50. The molecule has 0 radical (unpaired) electrons. The minimum Gasteiger partial charge on any atom is -0.346 e. The lowest BCUT2D eigenvalue weighted by atomic mass is 10.1. The molecule has 1 aromatic heterocycles. The van der Waals surface area contributed by atoms with Crippen LogP contribution in [0.2, 0.25) is 0 Å². The fraction of sp³-hybridized carbons (Fsp3) is 0.0556. The van der Waals surface area contributed by atoms with Gasteiger partial charge in [-0.05, 0) is 36.4 Å². The first-order chi connectivity index (χ1) is 11.6. The summed E-state index contributed by atoms with van der Waals surface area (Å²) in [7, 11) is 0. The van der Waals surface area contributed by atoms with E-state index in [1.807, 2.05) is 54.6 Å². The second-order valence-corrected chi connectivity index (χ2v) is 6.50. The van der Waals surface area contributed by atoms with Gasteiger partial charge in [0.1, 0.15) is 10.7 Å². The van der Waals surface area contributed by atoms with Crippen LogP contribution in [0.3, 0.4) is 0 Å². The third-order valence-electron chi connectivity index (χ3n) is 3.45. The van der Waals surface area contributed by atoms with Gasteiger partial charge in [0.2, 0.25) is 0 Å². The number of aromatic nitrogens is 2. The fourth-order valence-electron chi connectivity index (χ4n) is 2.35. The minimum absolute atomic E-state index is 0.0948. The van der Waals surface area contributed by atoms with Crippen LogP contribution >= 0.6 is 28.1 Å². The molecule has 6 heteroatoms. The number of carbonyl (C=O) groups is 1. The number of Topliss-reactive ketones (excluding diaryl/α,β-unsaturated/α-hetero) is 1. The van der Waals surface area contributed by atoms with Gasteiger partial charge >= 0.3 is 0 Å². The molecule has 0 saturated heterocycles. The number of thiocarbonyl (C=S) groups is 1. The zero-order valence-electron chi connectivity index (χ0n) is 12.9. The third kappa shape index (κ3) is 3.44. The highest BCUT2D eigenvalue weighted by atomic mass is 79.9. The molecular weight excluding hydrogens is 386 g/mol. The van der Waals surface area contributed by atoms with Crippen molar-refractivity contribution in [2.24, 2.45) is 0 Å². The molecule has 1 N–H and O–H groups in total. The molecule has 3 aromatic rings. The standard InChI is InChI=1S/C18H14BrN3OS/c1-12(23)17-16(18(24)21-14-5-3-2-4-6-14)11-20-22(17)15-9-7-13(19)8-10-15/h2-11H,1H3,(H,21,24).